The number of Topliss-reactive ketones (excluding diaryl/α,β-unsaturated/α-hetero) is 1. The number of esters is 2. The van der Waals surface area contributed by atoms with Gasteiger partial charge in [-0.2, -0.15) is 0 Å². The predicted molar refractivity (Wildman–Crippen MR) is 90.0 cm³/mol. The molecule has 26 heavy (non-hydrogen) atoms. The zero-order valence-corrected chi connectivity index (χ0v) is 16.0. The number of rotatable bonds is 4. The van der Waals surface area contributed by atoms with Crippen molar-refractivity contribution < 1.29 is 33.3 Å². The summed E-state index contributed by atoms with van der Waals surface area (Å²) in [5, 5.41) is 0. The fourth-order valence-electron chi connectivity index (χ4n) is 5.12. The second kappa shape index (κ2) is 6.60. The van der Waals surface area contributed by atoms with E-state index in [1.54, 1.807) is 6.92 Å². The van der Waals surface area contributed by atoms with E-state index in [0.717, 1.165) is 6.42 Å². The number of fused-ring (bicyclic) bond motifs is 2. The van der Waals surface area contributed by atoms with Crippen molar-refractivity contribution in [1.29, 1.82) is 0 Å². The van der Waals surface area contributed by atoms with Crippen LogP contribution in [0, 0.1) is 22.7 Å². The summed E-state index contributed by atoms with van der Waals surface area (Å²) in [4.78, 5) is 38.5. The number of ether oxygens (including phenoxy) is 4. The first kappa shape index (κ1) is 19.3. The highest BCUT2D eigenvalue weighted by molar-refractivity contribution is 6.09. The van der Waals surface area contributed by atoms with E-state index in [4.69, 9.17) is 18.9 Å². The monoisotopic (exact) mass is 368 g/mol. The van der Waals surface area contributed by atoms with E-state index in [9.17, 15) is 14.4 Å². The molecule has 3 rings (SSSR count). The molecule has 1 aliphatic heterocycles. The van der Waals surface area contributed by atoms with Crippen molar-refractivity contribution in [3.63, 3.8) is 0 Å². The zero-order chi connectivity index (χ0) is 19.2. The van der Waals surface area contributed by atoms with E-state index in [1.807, 2.05) is 13.8 Å². The summed E-state index contributed by atoms with van der Waals surface area (Å²) < 4.78 is 21.9. The molecule has 1 saturated heterocycles. The van der Waals surface area contributed by atoms with Crippen molar-refractivity contribution in [2.24, 2.45) is 22.7 Å². The van der Waals surface area contributed by atoms with Gasteiger partial charge in [0.2, 0.25) is 0 Å². The first-order chi connectivity index (χ1) is 12.2. The summed E-state index contributed by atoms with van der Waals surface area (Å²) in [7, 11) is 1.24. The van der Waals surface area contributed by atoms with Gasteiger partial charge in [0.15, 0.2) is 11.6 Å². The molecule has 146 valence electrons. The van der Waals surface area contributed by atoms with E-state index >= 15 is 0 Å². The molecule has 1 spiro atoms. The van der Waals surface area contributed by atoms with E-state index in [2.05, 4.69) is 0 Å². The Morgan fingerprint density at radius 2 is 1.85 bits per heavy atom. The molecule has 2 saturated carbocycles. The van der Waals surface area contributed by atoms with Crippen LogP contribution in [0.15, 0.2) is 0 Å². The molecule has 1 heterocycles. The molecule has 0 bridgehead atoms. The highest BCUT2D eigenvalue weighted by atomic mass is 16.7. The van der Waals surface area contributed by atoms with Crippen molar-refractivity contribution in [3.8, 4) is 0 Å². The molecule has 0 aromatic carbocycles. The Labute approximate surface area is 153 Å². The maximum atomic E-state index is 13.5. The van der Waals surface area contributed by atoms with E-state index in [0.29, 0.717) is 19.6 Å². The molecular formula is C19H28O7. The Kier molecular flexibility index (Phi) is 4.90. The molecule has 7 nitrogen and oxygen atoms in total. The molecule has 0 aromatic heterocycles. The average Bonchev–Trinajstić information content (AvgIpc) is 3.17. The number of carbonyl (C=O) groups is 3. The minimum atomic E-state index is -1.53. The third-order valence-corrected chi connectivity index (χ3v) is 6.35. The normalized spacial score (nSPS) is 34.5. The minimum Gasteiger partial charge on any atom is -0.468 e. The molecule has 1 unspecified atom stereocenters. The number of hydrogen-bond acceptors (Lipinski definition) is 7. The maximum absolute atomic E-state index is 13.5. The molecule has 0 amide bonds. The van der Waals surface area contributed by atoms with Gasteiger partial charge in [-0.25, -0.2) is 0 Å². The van der Waals surface area contributed by atoms with Gasteiger partial charge in [0.05, 0.1) is 33.4 Å². The Morgan fingerprint density at radius 1 is 1.19 bits per heavy atom. The third-order valence-electron chi connectivity index (χ3n) is 6.35. The summed E-state index contributed by atoms with van der Waals surface area (Å²) in [5.74, 6) is -3.04. The number of hydrogen-bond donors (Lipinski definition) is 0. The van der Waals surface area contributed by atoms with Gasteiger partial charge in [-0.1, -0.05) is 13.8 Å². The second-order valence-electron chi connectivity index (χ2n) is 8.21. The Hall–Kier alpha value is -1.47. The number of carbonyl (C=O) groups excluding carboxylic acids is 3. The summed E-state index contributed by atoms with van der Waals surface area (Å²) in [6.07, 6.45) is 1.30. The van der Waals surface area contributed by atoms with Gasteiger partial charge in [0.1, 0.15) is 5.41 Å². The van der Waals surface area contributed by atoms with Crippen LogP contribution in [0.5, 0.6) is 0 Å². The fourth-order valence-corrected chi connectivity index (χ4v) is 5.12. The lowest BCUT2D eigenvalue weighted by Crippen LogP contribution is -2.51. The summed E-state index contributed by atoms with van der Waals surface area (Å²) in [5.41, 5.74) is -1.84. The smallest absolute Gasteiger partial charge is 0.319 e. The SMILES string of the molecule is CCOC(=O)C[C@]1(C(=O)OC)C[C@H]2C(C1=O)C(C)(C)CCC21OCCO1. The summed E-state index contributed by atoms with van der Waals surface area (Å²) in [6.45, 7) is 6.89. The Morgan fingerprint density at radius 3 is 2.42 bits per heavy atom. The van der Waals surface area contributed by atoms with Gasteiger partial charge >= 0.3 is 11.9 Å². The van der Waals surface area contributed by atoms with E-state index < -0.39 is 29.1 Å². The van der Waals surface area contributed by atoms with Crippen LogP contribution >= 0.6 is 0 Å². The van der Waals surface area contributed by atoms with Crippen molar-refractivity contribution in [1.82, 2.24) is 0 Å². The minimum absolute atomic E-state index is 0.186. The molecule has 2 aliphatic carbocycles. The van der Waals surface area contributed by atoms with Gasteiger partial charge < -0.3 is 18.9 Å². The number of methoxy groups -OCH3 is 1. The van der Waals surface area contributed by atoms with Gasteiger partial charge in [0.25, 0.3) is 0 Å². The van der Waals surface area contributed by atoms with Crippen LogP contribution in [-0.2, 0) is 33.3 Å². The average molecular weight is 368 g/mol. The third kappa shape index (κ3) is 2.76. The first-order valence-corrected chi connectivity index (χ1v) is 9.29. The van der Waals surface area contributed by atoms with Gasteiger partial charge in [0, 0.05) is 18.3 Å². The number of ketones is 1. The quantitative estimate of drug-likeness (QED) is 0.553. The van der Waals surface area contributed by atoms with E-state index in [1.165, 1.54) is 7.11 Å². The topological polar surface area (TPSA) is 88.1 Å². The van der Waals surface area contributed by atoms with Crippen molar-refractivity contribution in [3.05, 3.63) is 0 Å². The molecule has 3 fully saturated rings. The van der Waals surface area contributed by atoms with Crippen LogP contribution < -0.4 is 0 Å². The molecule has 0 aromatic rings. The molecule has 0 N–H and O–H groups in total. The molecule has 0 radical (unpaired) electrons. The van der Waals surface area contributed by atoms with Crippen LogP contribution in [0.2, 0.25) is 0 Å². The van der Waals surface area contributed by atoms with Gasteiger partial charge in [-0.15, -0.1) is 0 Å². The van der Waals surface area contributed by atoms with Crippen LogP contribution in [0.1, 0.15) is 46.5 Å². The van der Waals surface area contributed by atoms with Crippen molar-refractivity contribution >= 4 is 17.7 Å². The fraction of sp³-hybridized carbons (Fsp3) is 0.842. The lowest BCUT2D eigenvalue weighted by molar-refractivity contribution is -0.237. The van der Waals surface area contributed by atoms with E-state index in [-0.39, 0.29) is 36.6 Å². The highest BCUT2D eigenvalue weighted by Crippen LogP contribution is 2.62. The van der Waals surface area contributed by atoms with Crippen LogP contribution in [-0.4, -0.2) is 50.4 Å². The van der Waals surface area contributed by atoms with Crippen LogP contribution in [0.4, 0.5) is 0 Å². The summed E-state index contributed by atoms with van der Waals surface area (Å²) in [6, 6.07) is 0. The van der Waals surface area contributed by atoms with Crippen molar-refractivity contribution in [2.75, 3.05) is 26.9 Å². The summed E-state index contributed by atoms with van der Waals surface area (Å²) >= 11 is 0. The first-order valence-electron chi connectivity index (χ1n) is 9.29. The Bertz CT molecular complexity index is 605. The largest absolute Gasteiger partial charge is 0.468 e. The van der Waals surface area contributed by atoms with Gasteiger partial charge in [-0.05, 0) is 25.2 Å². The van der Waals surface area contributed by atoms with Gasteiger partial charge in [-0.3, -0.25) is 14.4 Å². The zero-order valence-electron chi connectivity index (χ0n) is 16.0. The molecule has 3 atom stereocenters. The van der Waals surface area contributed by atoms with Crippen LogP contribution in [0.25, 0.3) is 0 Å². The second-order valence-corrected chi connectivity index (χ2v) is 8.21. The predicted octanol–water partition coefficient (Wildman–Crippen LogP) is 1.87. The Balaban J connectivity index is 2.03. The van der Waals surface area contributed by atoms with Crippen LogP contribution in [0.3, 0.4) is 0 Å². The lowest BCUT2D eigenvalue weighted by atomic mass is 9.62. The highest BCUT2D eigenvalue weighted by Gasteiger charge is 2.69. The molecular weight excluding hydrogens is 340 g/mol. The molecule has 3 aliphatic rings. The van der Waals surface area contributed by atoms with Crippen molar-refractivity contribution in [2.45, 2.75) is 52.2 Å². The standard InChI is InChI=1S/C19H28O7/c1-5-24-13(20)11-18(16(22)23-4)10-12-14(15(18)21)17(2,3)6-7-19(12)25-8-9-26-19/h12,14H,5-11H2,1-4H3/t12-,14?,18+/m0/s1. The lowest BCUT2D eigenvalue weighted by Gasteiger charge is -2.48. The molecule has 7 heteroatoms. The maximum Gasteiger partial charge on any atom is 0.319 e.